The smallest absolute Gasteiger partial charge is 0.167 e. The number of ether oxygens (including phenoxy) is 1. The molecule has 0 fully saturated rings. The van der Waals surface area contributed by atoms with Crippen molar-refractivity contribution >= 4 is 5.69 Å². The highest BCUT2D eigenvalue weighted by atomic mass is 19.1. The molecule has 2 nitrogen and oxygen atoms in total. The maximum atomic E-state index is 13.7. The highest BCUT2D eigenvalue weighted by Crippen LogP contribution is 2.19. The molecular weight excluding hydrogens is 241 g/mol. The summed E-state index contributed by atoms with van der Waals surface area (Å²) in [6, 6.07) is 13.0. The van der Waals surface area contributed by atoms with E-state index >= 15 is 0 Å². The van der Waals surface area contributed by atoms with Gasteiger partial charge in [-0.25, -0.2) is 4.39 Å². The Morgan fingerprint density at radius 2 is 1.84 bits per heavy atom. The summed E-state index contributed by atoms with van der Waals surface area (Å²) in [5.41, 5.74) is 8.21. The van der Waals surface area contributed by atoms with Crippen molar-refractivity contribution in [2.45, 2.75) is 19.8 Å². The van der Waals surface area contributed by atoms with Crippen LogP contribution in [0.5, 0.6) is 5.75 Å². The third kappa shape index (κ3) is 3.71. The summed E-state index contributed by atoms with van der Waals surface area (Å²) in [6.07, 6.45) is 1.74. The summed E-state index contributed by atoms with van der Waals surface area (Å²) >= 11 is 0. The van der Waals surface area contributed by atoms with Gasteiger partial charge >= 0.3 is 0 Å². The molecule has 2 rings (SSSR count). The maximum absolute atomic E-state index is 13.7. The molecular formula is C16H18FNO. The summed E-state index contributed by atoms with van der Waals surface area (Å²) in [5.74, 6) is 0.0623. The average molecular weight is 259 g/mol. The second kappa shape index (κ2) is 6.23. The zero-order valence-electron chi connectivity index (χ0n) is 11.0. The van der Waals surface area contributed by atoms with E-state index in [0.29, 0.717) is 17.9 Å². The Morgan fingerprint density at radius 3 is 2.58 bits per heavy atom. The molecule has 0 saturated heterocycles. The van der Waals surface area contributed by atoms with Gasteiger partial charge in [-0.05, 0) is 49.1 Å². The number of nitrogens with two attached hydrogens (primary N) is 1. The molecule has 19 heavy (non-hydrogen) atoms. The van der Waals surface area contributed by atoms with Crippen molar-refractivity contribution in [3.8, 4) is 5.75 Å². The average Bonchev–Trinajstić information content (AvgIpc) is 2.41. The third-order valence-electron chi connectivity index (χ3n) is 3.00. The van der Waals surface area contributed by atoms with Crippen LogP contribution in [0, 0.1) is 12.7 Å². The van der Waals surface area contributed by atoms with Crippen LogP contribution in [-0.2, 0) is 6.42 Å². The van der Waals surface area contributed by atoms with Gasteiger partial charge in [0.15, 0.2) is 11.6 Å². The van der Waals surface area contributed by atoms with Crippen LogP contribution < -0.4 is 10.5 Å². The van der Waals surface area contributed by atoms with Crippen molar-refractivity contribution < 1.29 is 9.13 Å². The van der Waals surface area contributed by atoms with E-state index in [1.165, 1.54) is 5.56 Å². The zero-order chi connectivity index (χ0) is 13.7. The Balaban J connectivity index is 1.81. The van der Waals surface area contributed by atoms with Gasteiger partial charge in [-0.3, -0.25) is 0 Å². The molecule has 0 bridgehead atoms. The fourth-order valence-corrected chi connectivity index (χ4v) is 1.87. The van der Waals surface area contributed by atoms with E-state index in [0.717, 1.165) is 18.5 Å². The van der Waals surface area contributed by atoms with Crippen molar-refractivity contribution in [2.24, 2.45) is 0 Å². The number of anilines is 1. The van der Waals surface area contributed by atoms with Gasteiger partial charge in [-0.2, -0.15) is 0 Å². The van der Waals surface area contributed by atoms with Crippen LogP contribution in [0.15, 0.2) is 42.5 Å². The number of nitrogen functional groups attached to an aromatic ring is 1. The maximum Gasteiger partial charge on any atom is 0.167 e. The highest BCUT2D eigenvalue weighted by molar-refractivity contribution is 5.39. The van der Waals surface area contributed by atoms with Crippen LogP contribution in [-0.4, -0.2) is 6.61 Å². The molecule has 0 atom stereocenters. The van der Waals surface area contributed by atoms with Crippen molar-refractivity contribution in [3.05, 3.63) is 59.4 Å². The summed E-state index contributed by atoms with van der Waals surface area (Å²) < 4.78 is 19.1. The minimum atomic E-state index is -0.269. The fraction of sp³-hybridized carbons (Fsp3) is 0.250. The quantitative estimate of drug-likeness (QED) is 0.656. The first-order chi connectivity index (χ1) is 9.16. The molecule has 2 aromatic carbocycles. The monoisotopic (exact) mass is 259 g/mol. The van der Waals surface area contributed by atoms with Crippen LogP contribution in [0.3, 0.4) is 0 Å². The van der Waals surface area contributed by atoms with E-state index in [1.807, 2.05) is 24.3 Å². The van der Waals surface area contributed by atoms with Crippen LogP contribution >= 0.6 is 0 Å². The Labute approximate surface area is 113 Å². The highest BCUT2D eigenvalue weighted by Gasteiger charge is 2.05. The zero-order valence-corrected chi connectivity index (χ0v) is 11.0. The van der Waals surface area contributed by atoms with Crippen LogP contribution in [0.4, 0.5) is 10.1 Å². The van der Waals surface area contributed by atoms with E-state index < -0.39 is 0 Å². The summed E-state index contributed by atoms with van der Waals surface area (Å²) in [6.45, 7) is 2.24. The Morgan fingerprint density at radius 1 is 1.11 bits per heavy atom. The number of benzene rings is 2. The van der Waals surface area contributed by atoms with Gasteiger partial charge < -0.3 is 10.5 Å². The first-order valence-electron chi connectivity index (χ1n) is 6.39. The lowest BCUT2D eigenvalue weighted by molar-refractivity contribution is 0.295. The molecule has 0 aliphatic rings. The summed E-state index contributed by atoms with van der Waals surface area (Å²) in [5, 5.41) is 0. The molecule has 0 aliphatic heterocycles. The summed E-state index contributed by atoms with van der Waals surface area (Å²) in [4.78, 5) is 0. The van der Waals surface area contributed by atoms with Crippen molar-refractivity contribution in [3.63, 3.8) is 0 Å². The molecule has 0 amide bonds. The summed E-state index contributed by atoms with van der Waals surface area (Å²) in [7, 11) is 0. The van der Waals surface area contributed by atoms with E-state index in [9.17, 15) is 4.39 Å². The number of hydrogen-bond acceptors (Lipinski definition) is 2. The predicted octanol–water partition coefficient (Wildman–Crippen LogP) is 3.73. The molecule has 0 heterocycles. The van der Waals surface area contributed by atoms with Gasteiger partial charge in [0.1, 0.15) is 0 Å². The number of aryl methyl sites for hydroxylation is 2. The number of hydrogen-bond donors (Lipinski definition) is 1. The Hall–Kier alpha value is -2.03. The van der Waals surface area contributed by atoms with Crippen molar-refractivity contribution in [1.29, 1.82) is 0 Å². The van der Waals surface area contributed by atoms with Gasteiger partial charge in [0.25, 0.3) is 0 Å². The van der Waals surface area contributed by atoms with Gasteiger partial charge in [0.2, 0.25) is 0 Å². The van der Waals surface area contributed by atoms with Crippen LogP contribution in [0.25, 0.3) is 0 Å². The second-order valence-corrected chi connectivity index (χ2v) is 4.58. The van der Waals surface area contributed by atoms with E-state index in [-0.39, 0.29) is 5.82 Å². The van der Waals surface area contributed by atoms with Crippen LogP contribution in [0.1, 0.15) is 17.5 Å². The lowest BCUT2D eigenvalue weighted by Crippen LogP contribution is -2.01. The predicted molar refractivity (Wildman–Crippen MR) is 75.8 cm³/mol. The van der Waals surface area contributed by atoms with Crippen LogP contribution in [0.2, 0.25) is 0 Å². The topological polar surface area (TPSA) is 35.2 Å². The molecule has 0 spiro atoms. The molecule has 100 valence electrons. The SMILES string of the molecule is Cc1cccc(OCCCc2ccc(N)cc2)c1F. The third-order valence-corrected chi connectivity index (χ3v) is 3.00. The lowest BCUT2D eigenvalue weighted by Gasteiger charge is -2.08. The van der Waals surface area contributed by atoms with E-state index in [2.05, 4.69) is 0 Å². The molecule has 0 aliphatic carbocycles. The normalized spacial score (nSPS) is 10.4. The second-order valence-electron chi connectivity index (χ2n) is 4.58. The largest absolute Gasteiger partial charge is 0.490 e. The van der Waals surface area contributed by atoms with Gasteiger partial charge in [-0.1, -0.05) is 24.3 Å². The lowest BCUT2D eigenvalue weighted by atomic mass is 10.1. The molecule has 0 unspecified atom stereocenters. The number of rotatable bonds is 5. The first kappa shape index (κ1) is 13.4. The minimum Gasteiger partial charge on any atom is -0.490 e. The Kier molecular flexibility index (Phi) is 4.39. The molecule has 0 radical (unpaired) electrons. The van der Waals surface area contributed by atoms with Gasteiger partial charge in [0, 0.05) is 5.69 Å². The first-order valence-corrected chi connectivity index (χ1v) is 6.39. The Bertz CT molecular complexity index is 537. The fourth-order valence-electron chi connectivity index (χ4n) is 1.87. The van der Waals surface area contributed by atoms with Gasteiger partial charge in [-0.15, -0.1) is 0 Å². The molecule has 2 N–H and O–H groups in total. The molecule has 2 aromatic rings. The molecule has 0 saturated carbocycles. The number of halogens is 1. The van der Waals surface area contributed by atoms with Crippen molar-refractivity contribution in [2.75, 3.05) is 12.3 Å². The van der Waals surface area contributed by atoms with Gasteiger partial charge in [0.05, 0.1) is 6.61 Å². The molecule has 3 heteroatoms. The van der Waals surface area contributed by atoms with E-state index in [4.69, 9.17) is 10.5 Å². The van der Waals surface area contributed by atoms with E-state index in [1.54, 1.807) is 25.1 Å². The molecule has 0 aromatic heterocycles. The standard InChI is InChI=1S/C16H18FNO/c1-12-4-2-6-15(16(12)17)19-11-3-5-13-7-9-14(18)10-8-13/h2,4,6-10H,3,5,11,18H2,1H3. The van der Waals surface area contributed by atoms with Crippen molar-refractivity contribution in [1.82, 2.24) is 0 Å². The minimum absolute atomic E-state index is 0.269.